The van der Waals surface area contributed by atoms with Crippen LogP contribution >= 0.6 is 0 Å². The summed E-state index contributed by atoms with van der Waals surface area (Å²) in [6.45, 7) is 2.02. The van der Waals surface area contributed by atoms with Gasteiger partial charge in [-0.15, -0.1) is 0 Å². The summed E-state index contributed by atoms with van der Waals surface area (Å²) in [5.74, 6) is 2.28. The number of hydrogen-bond donors (Lipinski definition) is 0. The van der Waals surface area contributed by atoms with Crippen LogP contribution in [0.25, 0.3) is 0 Å². The molecule has 2 aromatic rings. The SMILES string of the molecule is c1cc(CN2CCCCC2c2nc(C3CC3)no2)ccn1. The van der Waals surface area contributed by atoms with Crippen LogP contribution in [-0.2, 0) is 6.54 Å². The van der Waals surface area contributed by atoms with Crippen LogP contribution in [0.1, 0.15) is 61.3 Å². The van der Waals surface area contributed by atoms with Gasteiger partial charge in [-0.2, -0.15) is 4.98 Å². The monoisotopic (exact) mass is 284 g/mol. The van der Waals surface area contributed by atoms with Crippen LogP contribution in [0.15, 0.2) is 29.0 Å². The second-order valence-electron chi connectivity index (χ2n) is 6.10. The van der Waals surface area contributed by atoms with Gasteiger partial charge in [-0.1, -0.05) is 11.6 Å². The average molecular weight is 284 g/mol. The number of nitrogens with zero attached hydrogens (tertiary/aromatic N) is 4. The highest BCUT2D eigenvalue weighted by Crippen LogP contribution is 2.39. The Morgan fingerprint density at radius 3 is 2.81 bits per heavy atom. The van der Waals surface area contributed by atoms with Gasteiger partial charge >= 0.3 is 0 Å². The van der Waals surface area contributed by atoms with E-state index in [1.807, 2.05) is 12.4 Å². The summed E-state index contributed by atoms with van der Waals surface area (Å²) >= 11 is 0. The van der Waals surface area contributed by atoms with Crippen LogP contribution in [0.4, 0.5) is 0 Å². The van der Waals surface area contributed by atoms with Crippen molar-refractivity contribution in [1.29, 1.82) is 0 Å². The maximum Gasteiger partial charge on any atom is 0.244 e. The Morgan fingerprint density at radius 2 is 2.00 bits per heavy atom. The van der Waals surface area contributed by atoms with Crippen LogP contribution in [0.5, 0.6) is 0 Å². The summed E-state index contributed by atoms with van der Waals surface area (Å²) in [6, 6.07) is 4.43. The molecular formula is C16H20N4O. The van der Waals surface area contributed by atoms with Crippen molar-refractivity contribution in [2.75, 3.05) is 6.54 Å². The minimum Gasteiger partial charge on any atom is -0.338 e. The standard InChI is InChI=1S/C16H20N4O/c1-2-10-20(11-12-6-8-17-9-7-12)14(3-1)16-18-15(19-21-16)13-4-5-13/h6-9,13-14H,1-5,10-11H2. The van der Waals surface area contributed by atoms with E-state index in [1.165, 1.54) is 31.2 Å². The van der Waals surface area contributed by atoms with Gasteiger partial charge in [-0.25, -0.2) is 0 Å². The van der Waals surface area contributed by atoms with Gasteiger partial charge in [0.25, 0.3) is 0 Å². The highest BCUT2D eigenvalue weighted by Gasteiger charge is 2.33. The van der Waals surface area contributed by atoms with Crippen LogP contribution in [0.2, 0.25) is 0 Å². The molecule has 0 N–H and O–H groups in total. The van der Waals surface area contributed by atoms with Crippen LogP contribution in [0, 0.1) is 0 Å². The Hall–Kier alpha value is -1.75. The molecule has 1 atom stereocenters. The van der Waals surface area contributed by atoms with Gasteiger partial charge in [0.15, 0.2) is 5.82 Å². The second-order valence-corrected chi connectivity index (χ2v) is 6.10. The molecule has 1 aliphatic heterocycles. The first-order chi connectivity index (χ1) is 10.4. The van der Waals surface area contributed by atoms with Gasteiger partial charge in [0.05, 0.1) is 6.04 Å². The molecule has 110 valence electrons. The van der Waals surface area contributed by atoms with Crippen molar-refractivity contribution in [2.24, 2.45) is 0 Å². The third kappa shape index (κ3) is 2.83. The van der Waals surface area contributed by atoms with Gasteiger partial charge in [0.2, 0.25) is 5.89 Å². The molecule has 1 unspecified atom stereocenters. The van der Waals surface area contributed by atoms with Crippen molar-refractivity contribution < 1.29 is 4.52 Å². The Bertz CT molecular complexity index is 593. The number of piperidine rings is 1. The second kappa shape index (κ2) is 5.56. The highest BCUT2D eigenvalue weighted by molar-refractivity contribution is 5.11. The first kappa shape index (κ1) is 13.0. The molecule has 0 aromatic carbocycles. The first-order valence-corrected chi connectivity index (χ1v) is 7.86. The van der Waals surface area contributed by atoms with Crippen molar-refractivity contribution in [3.63, 3.8) is 0 Å². The zero-order valence-corrected chi connectivity index (χ0v) is 12.1. The molecule has 1 aliphatic carbocycles. The maximum atomic E-state index is 5.56. The third-order valence-electron chi connectivity index (χ3n) is 4.43. The van der Waals surface area contributed by atoms with Gasteiger partial charge in [-0.3, -0.25) is 9.88 Å². The summed E-state index contributed by atoms with van der Waals surface area (Å²) in [6.07, 6.45) is 9.72. The molecule has 5 heteroatoms. The zero-order chi connectivity index (χ0) is 14.1. The number of likely N-dealkylation sites (tertiary alicyclic amines) is 1. The van der Waals surface area contributed by atoms with Crippen LogP contribution in [-0.4, -0.2) is 26.6 Å². The highest BCUT2D eigenvalue weighted by atomic mass is 16.5. The van der Waals surface area contributed by atoms with Crippen molar-refractivity contribution in [2.45, 2.75) is 50.6 Å². The normalized spacial score (nSPS) is 23.3. The molecule has 0 radical (unpaired) electrons. The molecular weight excluding hydrogens is 264 g/mol. The first-order valence-electron chi connectivity index (χ1n) is 7.86. The fourth-order valence-corrected chi connectivity index (χ4v) is 3.07. The van der Waals surface area contributed by atoms with Crippen molar-refractivity contribution >= 4 is 0 Å². The lowest BCUT2D eigenvalue weighted by Gasteiger charge is -2.33. The fraction of sp³-hybridized carbons (Fsp3) is 0.562. The van der Waals surface area contributed by atoms with E-state index in [0.29, 0.717) is 5.92 Å². The van der Waals surface area contributed by atoms with Gasteiger partial charge in [0, 0.05) is 24.9 Å². The van der Waals surface area contributed by atoms with E-state index < -0.39 is 0 Å². The maximum absolute atomic E-state index is 5.56. The lowest BCUT2D eigenvalue weighted by Crippen LogP contribution is -2.33. The number of aromatic nitrogens is 3. The summed E-state index contributed by atoms with van der Waals surface area (Å²) < 4.78 is 5.56. The summed E-state index contributed by atoms with van der Waals surface area (Å²) in [5.41, 5.74) is 1.29. The van der Waals surface area contributed by atoms with E-state index >= 15 is 0 Å². The number of hydrogen-bond acceptors (Lipinski definition) is 5. The number of pyridine rings is 1. The van der Waals surface area contributed by atoms with Crippen LogP contribution in [0.3, 0.4) is 0 Å². The van der Waals surface area contributed by atoms with Crippen molar-refractivity contribution in [3.8, 4) is 0 Å². The van der Waals surface area contributed by atoms with Gasteiger partial charge < -0.3 is 4.52 Å². The van der Waals surface area contributed by atoms with E-state index in [2.05, 4.69) is 32.2 Å². The van der Waals surface area contributed by atoms with Crippen LogP contribution < -0.4 is 0 Å². The van der Waals surface area contributed by atoms with Crippen molar-refractivity contribution in [3.05, 3.63) is 41.8 Å². The molecule has 0 amide bonds. The lowest BCUT2D eigenvalue weighted by atomic mass is 10.0. The number of rotatable bonds is 4. The molecule has 0 bridgehead atoms. The average Bonchev–Trinajstić information content (AvgIpc) is 3.27. The molecule has 1 saturated heterocycles. The Kier molecular flexibility index (Phi) is 3.43. The van der Waals surface area contributed by atoms with E-state index in [-0.39, 0.29) is 6.04 Å². The molecule has 3 heterocycles. The smallest absolute Gasteiger partial charge is 0.244 e. The summed E-state index contributed by atoms with van der Waals surface area (Å²) in [4.78, 5) is 11.2. The van der Waals surface area contributed by atoms with Gasteiger partial charge in [-0.05, 0) is 49.9 Å². The quantitative estimate of drug-likeness (QED) is 0.863. The fourth-order valence-electron chi connectivity index (χ4n) is 3.07. The molecule has 0 spiro atoms. The topological polar surface area (TPSA) is 55.1 Å². The van der Waals surface area contributed by atoms with E-state index in [9.17, 15) is 0 Å². The zero-order valence-electron chi connectivity index (χ0n) is 12.1. The summed E-state index contributed by atoms with van der Waals surface area (Å²) in [5, 5.41) is 4.17. The Balaban J connectivity index is 1.52. The summed E-state index contributed by atoms with van der Waals surface area (Å²) in [7, 11) is 0. The van der Waals surface area contributed by atoms with Crippen molar-refractivity contribution in [1.82, 2.24) is 20.0 Å². The lowest BCUT2D eigenvalue weighted by molar-refractivity contribution is 0.111. The molecule has 2 aromatic heterocycles. The Labute approximate surface area is 124 Å². The van der Waals surface area contributed by atoms with E-state index in [0.717, 1.165) is 31.2 Å². The predicted octanol–water partition coefficient (Wildman–Crippen LogP) is 3.07. The molecule has 4 rings (SSSR count). The molecule has 2 fully saturated rings. The molecule has 21 heavy (non-hydrogen) atoms. The Morgan fingerprint density at radius 1 is 1.14 bits per heavy atom. The minimum atomic E-state index is 0.270. The van der Waals surface area contributed by atoms with E-state index in [4.69, 9.17) is 4.52 Å². The molecule has 2 aliphatic rings. The third-order valence-corrected chi connectivity index (χ3v) is 4.43. The molecule has 1 saturated carbocycles. The minimum absolute atomic E-state index is 0.270. The largest absolute Gasteiger partial charge is 0.338 e. The predicted molar refractivity (Wildman–Crippen MR) is 77.5 cm³/mol. The molecule has 5 nitrogen and oxygen atoms in total. The van der Waals surface area contributed by atoms with E-state index in [1.54, 1.807) is 0 Å². The van der Waals surface area contributed by atoms with Gasteiger partial charge in [0.1, 0.15) is 0 Å².